The Morgan fingerprint density at radius 1 is 1.29 bits per heavy atom. The minimum absolute atomic E-state index is 0.0345. The molecular formula is C13H9BrClNO. The Morgan fingerprint density at radius 2 is 2.12 bits per heavy atom. The summed E-state index contributed by atoms with van der Waals surface area (Å²) in [4.78, 5) is 15.8. The average Bonchev–Trinajstić information content (AvgIpc) is 2.29. The highest BCUT2D eigenvalue weighted by Crippen LogP contribution is 2.14. The van der Waals surface area contributed by atoms with E-state index in [-0.39, 0.29) is 5.78 Å². The molecule has 0 spiro atoms. The number of rotatable bonds is 3. The maximum Gasteiger partial charge on any atom is 0.168 e. The zero-order valence-corrected chi connectivity index (χ0v) is 11.2. The van der Waals surface area contributed by atoms with E-state index in [9.17, 15) is 4.79 Å². The summed E-state index contributed by atoms with van der Waals surface area (Å²) < 4.78 is 0.969. The Morgan fingerprint density at radius 3 is 2.76 bits per heavy atom. The van der Waals surface area contributed by atoms with Crippen molar-refractivity contribution in [1.29, 1.82) is 0 Å². The molecule has 17 heavy (non-hydrogen) atoms. The van der Waals surface area contributed by atoms with Gasteiger partial charge in [0.2, 0.25) is 0 Å². The molecule has 1 aromatic carbocycles. The molecule has 2 nitrogen and oxygen atoms in total. The van der Waals surface area contributed by atoms with Crippen LogP contribution < -0.4 is 0 Å². The van der Waals surface area contributed by atoms with Crippen LogP contribution in [0.15, 0.2) is 47.1 Å². The van der Waals surface area contributed by atoms with Gasteiger partial charge in [-0.1, -0.05) is 39.7 Å². The summed E-state index contributed by atoms with van der Waals surface area (Å²) in [6, 6.07) is 11.0. The number of pyridine rings is 1. The van der Waals surface area contributed by atoms with E-state index in [1.807, 2.05) is 24.3 Å². The summed E-state index contributed by atoms with van der Waals surface area (Å²) in [6.45, 7) is 0. The number of hydrogen-bond donors (Lipinski definition) is 0. The molecule has 0 atom stereocenters. The number of hydrogen-bond acceptors (Lipinski definition) is 2. The lowest BCUT2D eigenvalue weighted by atomic mass is 10.0. The fourth-order valence-electron chi connectivity index (χ4n) is 1.48. The maximum absolute atomic E-state index is 11.9. The van der Waals surface area contributed by atoms with Crippen molar-refractivity contribution in [1.82, 2.24) is 4.98 Å². The van der Waals surface area contributed by atoms with Crippen LogP contribution in [-0.4, -0.2) is 10.8 Å². The van der Waals surface area contributed by atoms with Crippen LogP contribution in [-0.2, 0) is 6.42 Å². The first kappa shape index (κ1) is 12.3. The van der Waals surface area contributed by atoms with E-state index in [2.05, 4.69) is 20.9 Å². The number of nitrogens with zero attached hydrogens (tertiary/aromatic N) is 1. The molecule has 0 saturated carbocycles. The smallest absolute Gasteiger partial charge is 0.168 e. The van der Waals surface area contributed by atoms with Gasteiger partial charge >= 0.3 is 0 Å². The van der Waals surface area contributed by atoms with Crippen molar-refractivity contribution in [3.8, 4) is 0 Å². The average molecular weight is 311 g/mol. The van der Waals surface area contributed by atoms with Crippen molar-refractivity contribution < 1.29 is 4.79 Å². The van der Waals surface area contributed by atoms with Gasteiger partial charge in [-0.25, -0.2) is 4.98 Å². The molecule has 1 aromatic heterocycles. The Bertz CT molecular complexity index is 539. The van der Waals surface area contributed by atoms with E-state index >= 15 is 0 Å². The van der Waals surface area contributed by atoms with Gasteiger partial charge in [0.15, 0.2) is 5.78 Å². The molecular weight excluding hydrogens is 302 g/mol. The van der Waals surface area contributed by atoms with Gasteiger partial charge in [0, 0.05) is 22.7 Å². The summed E-state index contributed by atoms with van der Waals surface area (Å²) >= 11 is 9.05. The second-order valence-corrected chi connectivity index (χ2v) is 4.90. The Kier molecular flexibility index (Phi) is 3.92. The van der Waals surface area contributed by atoms with Gasteiger partial charge in [0.1, 0.15) is 5.15 Å². The second-order valence-electron chi connectivity index (χ2n) is 3.60. The molecule has 2 aromatic rings. The Labute approximate surface area is 113 Å². The standard InChI is InChI=1S/C13H9BrClNO/c14-11-3-1-2-9(6-11)7-12(17)10-4-5-13(15)16-8-10/h1-6,8H,7H2. The van der Waals surface area contributed by atoms with Gasteiger partial charge in [-0.05, 0) is 29.8 Å². The number of halogens is 2. The highest BCUT2D eigenvalue weighted by atomic mass is 79.9. The number of ketones is 1. The number of carbonyl (C=O) groups is 1. The third kappa shape index (κ3) is 3.38. The summed E-state index contributed by atoms with van der Waals surface area (Å²) in [7, 11) is 0. The molecule has 4 heteroatoms. The van der Waals surface area contributed by atoms with Crippen LogP contribution in [0.5, 0.6) is 0 Å². The fourth-order valence-corrected chi connectivity index (χ4v) is 2.03. The number of benzene rings is 1. The topological polar surface area (TPSA) is 30.0 Å². The van der Waals surface area contributed by atoms with Gasteiger partial charge in [0.25, 0.3) is 0 Å². The molecule has 0 radical (unpaired) electrons. The van der Waals surface area contributed by atoms with Crippen LogP contribution in [0.2, 0.25) is 5.15 Å². The van der Waals surface area contributed by atoms with E-state index in [0.29, 0.717) is 17.1 Å². The second kappa shape index (κ2) is 5.43. The van der Waals surface area contributed by atoms with Gasteiger partial charge in [-0.15, -0.1) is 0 Å². The predicted octanol–water partition coefficient (Wildman–Crippen LogP) is 3.92. The van der Waals surface area contributed by atoms with Crippen molar-refractivity contribution in [3.05, 3.63) is 63.3 Å². The molecule has 2 rings (SSSR count). The molecule has 0 amide bonds. The zero-order chi connectivity index (χ0) is 12.3. The van der Waals surface area contributed by atoms with Crippen LogP contribution in [0.25, 0.3) is 0 Å². The molecule has 0 aliphatic carbocycles. The third-order valence-electron chi connectivity index (χ3n) is 2.30. The van der Waals surface area contributed by atoms with Crippen molar-refractivity contribution >= 4 is 33.3 Å². The van der Waals surface area contributed by atoms with E-state index in [0.717, 1.165) is 10.0 Å². The summed E-state index contributed by atoms with van der Waals surface area (Å²) in [5.74, 6) is 0.0345. The third-order valence-corrected chi connectivity index (χ3v) is 3.02. The van der Waals surface area contributed by atoms with Gasteiger partial charge < -0.3 is 0 Å². The Hall–Kier alpha value is -1.19. The lowest BCUT2D eigenvalue weighted by Crippen LogP contribution is -2.03. The quantitative estimate of drug-likeness (QED) is 0.635. The monoisotopic (exact) mass is 309 g/mol. The minimum atomic E-state index is 0.0345. The van der Waals surface area contributed by atoms with E-state index in [1.54, 1.807) is 12.1 Å². The zero-order valence-electron chi connectivity index (χ0n) is 8.86. The van der Waals surface area contributed by atoms with Crippen LogP contribution in [0.1, 0.15) is 15.9 Å². The molecule has 1 heterocycles. The summed E-state index contributed by atoms with van der Waals surface area (Å²) in [6.07, 6.45) is 1.87. The summed E-state index contributed by atoms with van der Waals surface area (Å²) in [5, 5.41) is 0.393. The molecule has 86 valence electrons. The van der Waals surface area contributed by atoms with Gasteiger partial charge in [0.05, 0.1) is 0 Å². The number of carbonyl (C=O) groups excluding carboxylic acids is 1. The van der Waals surface area contributed by atoms with Gasteiger partial charge in [-0.3, -0.25) is 4.79 Å². The highest BCUT2D eigenvalue weighted by Gasteiger charge is 2.07. The fraction of sp³-hybridized carbons (Fsp3) is 0.0769. The minimum Gasteiger partial charge on any atom is -0.294 e. The van der Waals surface area contributed by atoms with Crippen LogP contribution >= 0.6 is 27.5 Å². The normalized spacial score (nSPS) is 10.2. The first-order valence-corrected chi connectivity index (χ1v) is 6.21. The van der Waals surface area contributed by atoms with Crippen molar-refractivity contribution in [2.75, 3.05) is 0 Å². The number of Topliss-reactive ketones (excluding diaryl/α,β-unsaturated/α-hetero) is 1. The molecule has 0 fully saturated rings. The largest absolute Gasteiger partial charge is 0.294 e. The lowest BCUT2D eigenvalue weighted by Gasteiger charge is -2.02. The van der Waals surface area contributed by atoms with E-state index in [1.165, 1.54) is 6.20 Å². The molecule has 0 aliphatic rings. The van der Waals surface area contributed by atoms with Crippen LogP contribution in [0.3, 0.4) is 0 Å². The molecule has 0 aliphatic heterocycles. The SMILES string of the molecule is O=C(Cc1cccc(Br)c1)c1ccc(Cl)nc1. The van der Waals surface area contributed by atoms with Crippen LogP contribution in [0, 0.1) is 0 Å². The molecule has 0 saturated heterocycles. The number of aromatic nitrogens is 1. The van der Waals surface area contributed by atoms with Crippen molar-refractivity contribution in [2.24, 2.45) is 0 Å². The maximum atomic E-state index is 11.9. The predicted molar refractivity (Wildman–Crippen MR) is 71.4 cm³/mol. The highest BCUT2D eigenvalue weighted by molar-refractivity contribution is 9.10. The van der Waals surface area contributed by atoms with Crippen LogP contribution in [0.4, 0.5) is 0 Å². The molecule has 0 unspecified atom stereocenters. The molecule has 0 bridgehead atoms. The first-order valence-electron chi connectivity index (χ1n) is 5.04. The Balaban J connectivity index is 2.14. The van der Waals surface area contributed by atoms with Gasteiger partial charge in [-0.2, -0.15) is 0 Å². The summed E-state index contributed by atoms with van der Waals surface area (Å²) in [5.41, 5.74) is 1.55. The van der Waals surface area contributed by atoms with Crippen molar-refractivity contribution in [2.45, 2.75) is 6.42 Å². The molecule has 0 N–H and O–H groups in total. The van der Waals surface area contributed by atoms with Crippen molar-refractivity contribution in [3.63, 3.8) is 0 Å². The lowest BCUT2D eigenvalue weighted by molar-refractivity contribution is 0.0992. The first-order chi connectivity index (χ1) is 8.15. The van der Waals surface area contributed by atoms with E-state index < -0.39 is 0 Å². The van der Waals surface area contributed by atoms with E-state index in [4.69, 9.17) is 11.6 Å².